The third kappa shape index (κ3) is 3.28. The Bertz CT molecular complexity index is 719. The number of nitrogens with zero attached hydrogens (tertiary/aromatic N) is 2. The summed E-state index contributed by atoms with van der Waals surface area (Å²) in [4.78, 5) is 14.2. The van der Waals surface area contributed by atoms with Crippen LogP contribution in [0.4, 0.5) is 0 Å². The maximum Gasteiger partial charge on any atom is 0.241 e. The van der Waals surface area contributed by atoms with Gasteiger partial charge in [-0.3, -0.25) is 4.79 Å². The Morgan fingerprint density at radius 2 is 2.09 bits per heavy atom. The fraction of sp³-hybridized carbons (Fsp3) is 0.533. The molecule has 2 heterocycles. The Hall–Kier alpha value is -1.80. The van der Waals surface area contributed by atoms with Gasteiger partial charge in [0.2, 0.25) is 22.7 Å². The van der Waals surface area contributed by atoms with Gasteiger partial charge in [-0.15, -0.1) is 0 Å². The van der Waals surface area contributed by atoms with Gasteiger partial charge in [-0.05, 0) is 30.5 Å². The van der Waals surface area contributed by atoms with Crippen LogP contribution in [0.15, 0.2) is 18.2 Å². The number of rotatable bonds is 4. The molecule has 0 aromatic heterocycles. The Kier molecular flexibility index (Phi) is 4.20. The molecule has 1 atom stereocenters. The molecule has 23 heavy (non-hydrogen) atoms. The quantitative estimate of drug-likeness (QED) is 0.810. The average molecular weight is 340 g/mol. The largest absolute Gasteiger partial charge is 0.454 e. The molecule has 0 radical (unpaired) electrons. The molecular formula is C15H20N2O5S. The van der Waals surface area contributed by atoms with Crippen molar-refractivity contribution in [3.05, 3.63) is 23.8 Å². The van der Waals surface area contributed by atoms with Crippen LogP contribution >= 0.6 is 0 Å². The summed E-state index contributed by atoms with van der Waals surface area (Å²) >= 11 is 0. The number of likely N-dealkylation sites (N-methyl/N-ethyl adjacent to an activating group) is 1. The molecule has 0 saturated carbocycles. The third-order valence-electron chi connectivity index (χ3n) is 4.15. The maximum absolute atomic E-state index is 12.6. The number of hydrogen-bond acceptors (Lipinski definition) is 5. The molecule has 1 amide bonds. The minimum atomic E-state index is -3.36. The lowest BCUT2D eigenvalue weighted by molar-refractivity contribution is -0.133. The molecule has 0 aliphatic carbocycles. The van der Waals surface area contributed by atoms with E-state index in [0.717, 1.165) is 11.8 Å². The average Bonchev–Trinajstić information content (AvgIpc) is 3.14. The lowest BCUT2D eigenvalue weighted by Gasteiger charge is -2.26. The molecule has 1 aromatic carbocycles. The fourth-order valence-corrected chi connectivity index (χ4v) is 4.15. The molecule has 0 N–H and O–H groups in total. The molecule has 0 spiro atoms. The first-order valence-electron chi connectivity index (χ1n) is 7.46. The first-order chi connectivity index (χ1) is 10.9. The summed E-state index contributed by atoms with van der Waals surface area (Å²) in [5.74, 6) is 1.19. The number of fused-ring (bicyclic) bond motifs is 1. The lowest BCUT2D eigenvalue weighted by Crippen LogP contribution is -2.45. The van der Waals surface area contributed by atoms with Gasteiger partial charge in [-0.25, -0.2) is 8.42 Å². The zero-order valence-electron chi connectivity index (χ0n) is 13.2. The van der Waals surface area contributed by atoms with Crippen molar-refractivity contribution < 1.29 is 22.7 Å². The van der Waals surface area contributed by atoms with Crippen LogP contribution in [0.2, 0.25) is 0 Å². The molecule has 2 aliphatic rings. The van der Waals surface area contributed by atoms with Crippen molar-refractivity contribution in [3.63, 3.8) is 0 Å². The molecule has 8 heteroatoms. The molecule has 1 saturated heterocycles. The summed E-state index contributed by atoms with van der Waals surface area (Å²) in [5, 5.41) is 0. The number of carbonyl (C=O) groups excluding carboxylic acids is 1. The monoisotopic (exact) mass is 340 g/mol. The van der Waals surface area contributed by atoms with Crippen LogP contribution in [0.5, 0.6) is 11.5 Å². The summed E-state index contributed by atoms with van der Waals surface area (Å²) in [7, 11) is -1.68. The summed E-state index contributed by atoms with van der Waals surface area (Å²) in [6.07, 6.45) is 2.43. The van der Waals surface area contributed by atoms with Gasteiger partial charge < -0.3 is 14.4 Å². The molecule has 2 aliphatic heterocycles. The van der Waals surface area contributed by atoms with Crippen molar-refractivity contribution in [3.8, 4) is 11.5 Å². The first-order valence-corrected chi connectivity index (χ1v) is 9.31. The van der Waals surface area contributed by atoms with E-state index in [1.165, 1.54) is 4.31 Å². The number of sulfonamides is 1. The van der Waals surface area contributed by atoms with Crippen LogP contribution in [0.3, 0.4) is 0 Å². The van der Waals surface area contributed by atoms with E-state index in [9.17, 15) is 13.2 Å². The molecule has 0 unspecified atom stereocenters. The maximum atomic E-state index is 12.6. The van der Waals surface area contributed by atoms with Crippen LogP contribution in [0.25, 0.3) is 0 Å². The van der Waals surface area contributed by atoms with E-state index in [1.807, 2.05) is 18.2 Å². The Morgan fingerprint density at radius 1 is 1.35 bits per heavy atom. The SMILES string of the molecule is CN(Cc1ccc2c(c1)OCO2)C(=O)[C@@H]1CCCN1S(C)(=O)=O. The second-order valence-electron chi connectivity index (χ2n) is 5.91. The second kappa shape index (κ2) is 6.01. The number of carbonyl (C=O) groups is 1. The van der Waals surface area contributed by atoms with E-state index in [1.54, 1.807) is 11.9 Å². The standard InChI is InChI=1S/C15H20N2O5S/c1-16(9-11-5-6-13-14(8-11)22-10-21-13)15(18)12-4-3-7-17(12)23(2,19)20/h5-6,8,12H,3-4,7,9-10H2,1-2H3/t12-/m0/s1. The summed E-state index contributed by atoms with van der Waals surface area (Å²) in [5.41, 5.74) is 0.911. The van der Waals surface area contributed by atoms with Gasteiger partial charge in [-0.1, -0.05) is 6.07 Å². The fourth-order valence-electron chi connectivity index (χ4n) is 3.03. The smallest absolute Gasteiger partial charge is 0.241 e. The Balaban J connectivity index is 1.70. The highest BCUT2D eigenvalue weighted by atomic mass is 32.2. The van der Waals surface area contributed by atoms with Gasteiger partial charge >= 0.3 is 0 Å². The third-order valence-corrected chi connectivity index (χ3v) is 5.44. The highest BCUT2D eigenvalue weighted by molar-refractivity contribution is 7.88. The first kappa shape index (κ1) is 16.1. The van der Waals surface area contributed by atoms with E-state index in [-0.39, 0.29) is 12.7 Å². The number of benzene rings is 1. The minimum Gasteiger partial charge on any atom is -0.454 e. The van der Waals surface area contributed by atoms with Gasteiger partial charge in [-0.2, -0.15) is 4.31 Å². The Labute approximate surface area is 135 Å². The van der Waals surface area contributed by atoms with Gasteiger partial charge in [0.05, 0.1) is 6.26 Å². The van der Waals surface area contributed by atoms with Crippen LogP contribution < -0.4 is 9.47 Å². The molecule has 7 nitrogen and oxygen atoms in total. The van der Waals surface area contributed by atoms with Gasteiger partial charge in [0.25, 0.3) is 0 Å². The van der Waals surface area contributed by atoms with Crippen molar-refractivity contribution in [1.82, 2.24) is 9.21 Å². The van der Waals surface area contributed by atoms with Gasteiger partial charge in [0.15, 0.2) is 11.5 Å². The van der Waals surface area contributed by atoms with Crippen LogP contribution in [0.1, 0.15) is 18.4 Å². The number of hydrogen-bond donors (Lipinski definition) is 0. The van der Waals surface area contributed by atoms with Crippen molar-refractivity contribution in [2.45, 2.75) is 25.4 Å². The zero-order chi connectivity index (χ0) is 16.6. The topological polar surface area (TPSA) is 76.2 Å². The van der Waals surface area contributed by atoms with Crippen molar-refractivity contribution in [2.24, 2.45) is 0 Å². The highest BCUT2D eigenvalue weighted by Crippen LogP contribution is 2.33. The lowest BCUT2D eigenvalue weighted by atomic mass is 10.1. The summed E-state index contributed by atoms with van der Waals surface area (Å²) in [6, 6.07) is 4.94. The number of ether oxygens (including phenoxy) is 2. The van der Waals surface area contributed by atoms with Crippen LogP contribution in [-0.4, -0.2) is 56.2 Å². The molecule has 3 rings (SSSR count). The van der Waals surface area contributed by atoms with Crippen LogP contribution in [0, 0.1) is 0 Å². The molecule has 0 bridgehead atoms. The number of amides is 1. The normalized spacial score (nSPS) is 20.7. The highest BCUT2D eigenvalue weighted by Gasteiger charge is 2.37. The summed E-state index contributed by atoms with van der Waals surface area (Å²) in [6.45, 7) is 1.01. The van der Waals surface area contributed by atoms with E-state index >= 15 is 0 Å². The van der Waals surface area contributed by atoms with Crippen LogP contribution in [-0.2, 0) is 21.4 Å². The van der Waals surface area contributed by atoms with E-state index < -0.39 is 16.1 Å². The second-order valence-corrected chi connectivity index (χ2v) is 7.85. The predicted molar refractivity (Wildman–Crippen MR) is 83.6 cm³/mol. The predicted octanol–water partition coefficient (Wildman–Crippen LogP) is 0.798. The molecule has 1 aromatic rings. The molecular weight excluding hydrogens is 320 g/mol. The van der Waals surface area contributed by atoms with E-state index in [4.69, 9.17) is 9.47 Å². The summed E-state index contributed by atoms with van der Waals surface area (Å²) < 4.78 is 35.5. The molecule has 126 valence electrons. The van der Waals surface area contributed by atoms with E-state index in [0.29, 0.717) is 37.4 Å². The minimum absolute atomic E-state index is 0.175. The Morgan fingerprint density at radius 3 is 2.83 bits per heavy atom. The van der Waals surface area contributed by atoms with Crippen molar-refractivity contribution in [1.29, 1.82) is 0 Å². The van der Waals surface area contributed by atoms with Gasteiger partial charge in [0, 0.05) is 20.1 Å². The van der Waals surface area contributed by atoms with Crippen molar-refractivity contribution >= 4 is 15.9 Å². The van der Waals surface area contributed by atoms with Crippen molar-refractivity contribution in [2.75, 3.05) is 26.6 Å². The molecule has 1 fully saturated rings. The van der Waals surface area contributed by atoms with Gasteiger partial charge in [0.1, 0.15) is 6.04 Å². The van der Waals surface area contributed by atoms with E-state index in [2.05, 4.69) is 0 Å². The zero-order valence-corrected chi connectivity index (χ0v) is 14.0.